The number of amides is 1. The molecule has 0 aliphatic heterocycles. The zero-order chi connectivity index (χ0) is 14.0. The number of sulfonamides is 1. The molecule has 0 spiro atoms. The Hall–Kier alpha value is -1.56. The molecule has 1 aliphatic rings. The first-order chi connectivity index (χ1) is 8.93. The molecule has 2 rings (SSSR count). The number of benzene rings is 1. The van der Waals surface area contributed by atoms with Gasteiger partial charge in [0.25, 0.3) is 0 Å². The van der Waals surface area contributed by atoms with Crippen LogP contribution in [0.5, 0.6) is 0 Å². The van der Waals surface area contributed by atoms with Gasteiger partial charge in [0.15, 0.2) is 0 Å². The van der Waals surface area contributed by atoms with Gasteiger partial charge >= 0.3 is 0 Å². The summed E-state index contributed by atoms with van der Waals surface area (Å²) in [6, 6.07) is 7.21. The molecule has 0 saturated heterocycles. The van der Waals surface area contributed by atoms with E-state index in [2.05, 4.69) is 4.72 Å². The number of nitrogens with one attached hydrogen (secondary N) is 1. The zero-order valence-electron chi connectivity index (χ0n) is 11.1. The minimum absolute atomic E-state index is 0.0180. The summed E-state index contributed by atoms with van der Waals surface area (Å²) in [5.41, 5.74) is 1.33. The predicted molar refractivity (Wildman–Crippen MR) is 75.7 cm³/mol. The summed E-state index contributed by atoms with van der Waals surface area (Å²) >= 11 is 0. The van der Waals surface area contributed by atoms with Gasteiger partial charge in [-0.05, 0) is 44.0 Å². The van der Waals surface area contributed by atoms with Crippen LogP contribution in [0.1, 0.15) is 26.7 Å². The molecule has 0 radical (unpaired) electrons. The van der Waals surface area contributed by atoms with Crippen LogP contribution in [-0.4, -0.2) is 26.1 Å². The molecule has 0 unspecified atom stereocenters. The fourth-order valence-corrected chi connectivity index (χ4v) is 2.56. The molecule has 1 amide bonds. The average molecular weight is 282 g/mol. The van der Waals surface area contributed by atoms with Crippen LogP contribution in [0.15, 0.2) is 24.3 Å². The molecule has 0 atom stereocenters. The molecule has 1 aromatic carbocycles. The molecule has 5 nitrogen and oxygen atoms in total. The molecule has 1 fully saturated rings. The second-order valence-electron chi connectivity index (χ2n) is 4.67. The number of hydrogen-bond acceptors (Lipinski definition) is 3. The van der Waals surface area contributed by atoms with Gasteiger partial charge in [0.2, 0.25) is 15.9 Å². The maximum absolute atomic E-state index is 11.6. The molecule has 1 saturated carbocycles. The Morgan fingerprint density at radius 3 is 2.32 bits per heavy atom. The van der Waals surface area contributed by atoms with E-state index in [-0.39, 0.29) is 11.7 Å². The van der Waals surface area contributed by atoms with E-state index < -0.39 is 10.0 Å². The van der Waals surface area contributed by atoms with Crippen LogP contribution in [0.25, 0.3) is 0 Å². The van der Waals surface area contributed by atoms with Crippen molar-refractivity contribution in [2.24, 2.45) is 0 Å². The van der Waals surface area contributed by atoms with Crippen molar-refractivity contribution in [2.45, 2.75) is 32.7 Å². The van der Waals surface area contributed by atoms with Crippen LogP contribution in [0, 0.1) is 0 Å². The maximum Gasteiger partial charge on any atom is 0.232 e. The van der Waals surface area contributed by atoms with E-state index in [4.69, 9.17) is 0 Å². The van der Waals surface area contributed by atoms with E-state index >= 15 is 0 Å². The van der Waals surface area contributed by atoms with Crippen molar-refractivity contribution in [1.82, 2.24) is 0 Å². The molecule has 1 aliphatic carbocycles. The lowest BCUT2D eigenvalue weighted by Crippen LogP contribution is -2.30. The molecule has 1 aromatic rings. The topological polar surface area (TPSA) is 66.5 Å². The van der Waals surface area contributed by atoms with E-state index in [1.54, 1.807) is 43.0 Å². The van der Waals surface area contributed by atoms with Gasteiger partial charge in [0.1, 0.15) is 0 Å². The van der Waals surface area contributed by atoms with Crippen molar-refractivity contribution in [3.8, 4) is 0 Å². The largest absolute Gasteiger partial charge is 0.310 e. The van der Waals surface area contributed by atoms with E-state index in [0.717, 1.165) is 18.5 Å². The molecule has 104 valence electrons. The van der Waals surface area contributed by atoms with Gasteiger partial charge < -0.3 is 4.90 Å². The average Bonchev–Trinajstić information content (AvgIpc) is 3.15. The summed E-state index contributed by atoms with van der Waals surface area (Å²) < 4.78 is 25.4. The Balaban J connectivity index is 2.16. The first-order valence-electron chi connectivity index (χ1n) is 6.33. The van der Waals surface area contributed by atoms with Crippen LogP contribution < -0.4 is 9.62 Å². The number of rotatable bonds is 5. The van der Waals surface area contributed by atoms with Crippen molar-refractivity contribution < 1.29 is 13.2 Å². The number of nitrogens with zero attached hydrogens (tertiary/aromatic N) is 1. The molecular formula is C13H18N2O3S. The molecule has 0 heterocycles. The predicted octanol–water partition coefficient (Wildman–Crippen LogP) is 1.96. The van der Waals surface area contributed by atoms with Gasteiger partial charge in [-0.2, -0.15) is 0 Å². The first-order valence-corrected chi connectivity index (χ1v) is 7.98. The highest BCUT2D eigenvalue weighted by atomic mass is 32.2. The van der Waals surface area contributed by atoms with E-state index in [9.17, 15) is 13.2 Å². The standard InChI is InChI=1S/C13H18N2O3S/c1-3-19(17,18)14-11-4-6-12(7-5-11)15(10(2)16)13-8-9-13/h4-7,13-14H,3,8-9H2,1-2H3. The fraction of sp³-hybridized carbons (Fsp3) is 0.462. The van der Waals surface area contributed by atoms with Gasteiger partial charge in [0, 0.05) is 24.3 Å². The van der Waals surface area contributed by atoms with Crippen LogP contribution in [0.2, 0.25) is 0 Å². The third-order valence-corrected chi connectivity index (χ3v) is 4.36. The lowest BCUT2D eigenvalue weighted by molar-refractivity contribution is -0.116. The highest BCUT2D eigenvalue weighted by Crippen LogP contribution is 2.32. The molecular weight excluding hydrogens is 264 g/mol. The number of anilines is 2. The Bertz CT molecular complexity index is 562. The SMILES string of the molecule is CCS(=O)(=O)Nc1ccc(N(C(C)=O)C2CC2)cc1. The Kier molecular flexibility index (Phi) is 3.80. The molecule has 1 N–H and O–H groups in total. The minimum atomic E-state index is -3.26. The number of carbonyl (C=O) groups is 1. The second-order valence-corrected chi connectivity index (χ2v) is 6.68. The van der Waals surface area contributed by atoms with E-state index in [1.165, 1.54) is 0 Å². The van der Waals surface area contributed by atoms with Crippen LogP contribution in [0.4, 0.5) is 11.4 Å². The van der Waals surface area contributed by atoms with Crippen LogP contribution >= 0.6 is 0 Å². The van der Waals surface area contributed by atoms with Crippen molar-refractivity contribution in [3.05, 3.63) is 24.3 Å². The maximum atomic E-state index is 11.6. The van der Waals surface area contributed by atoms with Crippen molar-refractivity contribution in [3.63, 3.8) is 0 Å². The van der Waals surface area contributed by atoms with Gasteiger partial charge in [0.05, 0.1) is 5.75 Å². The zero-order valence-corrected chi connectivity index (χ0v) is 11.9. The van der Waals surface area contributed by atoms with Gasteiger partial charge in [-0.3, -0.25) is 9.52 Å². The normalized spacial score (nSPS) is 15.1. The monoisotopic (exact) mass is 282 g/mol. The van der Waals surface area contributed by atoms with Crippen molar-refractivity contribution in [1.29, 1.82) is 0 Å². The number of hydrogen-bond donors (Lipinski definition) is 1. The number of carbonyl (C=O) groups excluding carboxylic acids is 1. The Morgan fingerprint density at radius 1 is 1.32 bits per heavy atom. The molecule has 0 aromatic heterocycles. The Morgan fingerprint density at radius 2 is 1.89 bits per heavy atom. The van der Waals surface area contributed by atoms with E-state index in [0.29, 0.717) is 11.7 Å². The Labute approximate surface area is 113 Å². The quantitative estimate of drug-likeness (QED) is 0.897. The summed E-state index contributed by atoms with van der Waals surface area (Å²) in [6.45, 7) is 3.13. The van der Waals surface area contributed by atoms with Crippen molar-refractivity contribution in [2.75, 3.05) is 15.4 Å². The van der Waals surface area contributed by atoms with Gasteiger partial charge in [-0.15, -0.1) is 0 Å². The third kappa shape index (κ3) is 3.47. The summed E-state index contributed by atoms with van der Waals surface area (Å²) in [5.74, 6) is 0.0560. The highest BCUT2D eigenvalue weighted by Gasteiger charge is 2.31. The first kappa shape index (κ1) is 13.9. The van der Waals surface area contributed by atoms with Crippen LogP contribution in [-0.2, 0) is 14.8 Å². The van der Waals surface area contributed by atoms with Crippen molar-refractivity contribution >= 4 is 27.3 Å². The second kappa shape index (κ2) is 5.21. The smallest absolute Gasteiger partial charge is 0.232 e. The fourth-order valence-electron chi connectivity index (χ4n) is 1.92. The summed E-state index contributed by atoms with van der Waals surface area (Å²) in [4.78, 5) is 13.4. The molecule has 0 bridgehead atoms. The van der Waals surface area contributed by atoms with E-state index in [1.807, 2.05) is 0 Å². The summed E-state index contributed by atoms with van der Waals surface area (Å²) in [6.07, 6.45) is 2.06. The minimum Gasteiger partial charge on any atom is -0.310 e. The highest BCUT2D eigenvalue weighted by molar-refractivity contribution is 7.92. The van der Waals surface area contributed by atoms with Gasteiger partial charge in [-0.25, -0.2) is 8.42 Å². The summed E-state index contributed by atoms with van der Waals surface area (Å²) in [5, 5.41) is 0. The van der Waals surface area contributed by atoms with Gasteiger partial charge in [-0.1, -0.05) is 0 Å². The third-order valence-electron chi connectivity index (χ3n) is 3.05. The molecule has 19 heavy (non-hydrogen) atoms. The lowest BCUT2D eigenvalue weighted by atomic mass is 10.2. The summed E-state index contributed by atoms with van der Waals surface area (Å²) in [7, 11) is -3.26. The van der Waals surface area contributed by atoms with Crippen LogP contribution in [0.3, 0.4) is 0 Å². The lowest BCUT2D eigenvalue weighted by Gasteiger charge is -2.21. The molecule has 6 heteroatoms.